The summed E-state index contributed by atoms with van der Waals surface area (Å²) in [6.07, 6.45) is 0.681. The summed E-state index contributed by atoms with van der Waals surface area (Å²) in [6.45, 7) is 3.23. The van der Waals surface area contributed by atoms with Gasteiger partial charge in [-0.25, -0.2) is 4.98 Å². The van der Waals surface area contributed by atoms with E-state index in [9.17, 15) is 9.90 Å². The molecule has 0 atom stereocenters. The maximum absolute atomic E-state index is 13.1. The third kappa shape index (κ3) is 3.34. The number of morpholine rings is 1. The summed E-state index contributed by atoms with van der Waals surface area (Å²) in [6, 6.07) is 10.8. The van der Waals surface area contributed by atoms with Crippen molar-refractivity contribution < 1.29 is 14.6 Å². The number of amides is 1. The fourth-order valence-electron chi connectivity index (χ4n) is 3.77. The van der Waals surface area contributed by atoms with Crippen LogP contribution in [0.5, 0.6) is 5.75 Å². The van der Waals surface area contributed by atoms with Gasteiger partial charge in [0.25, 0.3) is 5.91 Å². The second-order valence-corrected chi connectivity index (χ2v) is 7.96. The van der Waals surface area contributed by atoms with Gasteiger partial charge in [-0.3, -0.25) is 9.69 Å². The van der Waals surface area contributed by atoms with Crippen LogP contribution >= 0.6 is 11.3 Å². The second kappa shape index (κ2) is 7.46. The zero-order valence-corrected chi connectivity index (χ0v) is 16.6. The first kappa shape index (κ1) is 18.1. The fraction of sp³-hybridized carbons (Fsp3) is 0.286. The molecular weight excluding hydrogens is 388 g/mol. The van der Waals surface area contributed by atoms with Gasteiger partial charge in [-0.15, -0.1) is 11.3 Å². The number of nitrogens with zero attached hydrogens (tertiary/aromatic N) is 4. The first-order chi connectivity index (χ1) is 14.2. The molecule has 2 aliphatic heterocycles. The molecule has 0 bridgehead atoms. The molecule has 4 heterocycles. The van der Waals surface area contributed by atoms with Gasteiger partial charge in [0.05, 0.1) is 23.8 Å². The molecule has 1 N–H and O–H groups in total. The highest BCUT2D eigenvalue weighted by atomic mass is 32.1. The van der Waals surface area contributed by atoms with Crippen LogP contribution in [0.3, 0.4) is 0 Å². The minimum absolute atomic E-state index is 0.0350. The van der Waals surface area contributed by atoms with E-state index < -0.39 is 0 Å². The van der Waals surface area contributed by atoms with Crippen LogP contribution < -0.4 is 9.80 Å². The largest absolute Gasteiger partial charge is 0.508 e. The Morgan fingerprint density at radius 1 is 1.10 bits per heavy atom. The number of phenols is 1. The number of rotatable bonds is 3. The number of carbonyl (C=O) groups excluding carboxylic acids is 1. The Labute approximate surface area is 172 Å². The predicted molar refractivity (Wildman–Crippen MR) is 112 cm³/mol. The van der Waals surface area contributed by atoms with E-state index in [2.05, 4.69) is 4.90 Å². The molecule has 5 rings (SSSR count). The van der Waals surface area contributed by atoms with E-state index in [1.54, 1.807) is 23.1 Å². The molecule has 0 spiro atoms. The molecular formula is C21H20N4O3S. The maximum atomic E-state index is 13.1. The SMILES string of the molecule is O=C(c1cccs1)N1CCc2c(-c3cccc(O)c3)nc(N3CCOCC3)nc21. The summed E-state index contributed by atoms with van der Waals surface area (Å²) in [5.41, 5.74) is 2.54. The van der Waals surface area contributed by atoms with Crippen molar-refractivity contribution in [3.8, 4) is 17.0 Å². The molecule has 2 aliphatic rings. The van der Waals surface area contributed by atoms with Crippen LogP contribution in [0.4, 0.5) is 11.8 Å². The van der Waals surface area contributed by atoms with Crippen molar-refractivity contribution >= 4 is 29.0 Å². The van der Waals surface area contributed by atoms with Crippen LogP contribution in [0.25, 0.3) is 11.3 Å². The maximum Gasteiger partial charge on any atom is 0.269 e. The fourth-order valence-corrected chi connectivity index (χ4v) is 4.44. The number of hydrogen-bond acceptors (Lipinski definition) is 7. The number of aromatic nitrogens is 2. The molecule has 0 radical (unpaired) electrons. The van der Waals surface area contributed by atoms with Crippen LogP contribution in [0.2, 0.25) is 0 Å². The molecule has 3 aromatic rings. The van der Waals surface area contributed by atoms with E-state index in [0.717, 1.165) is 16.8 Å². The van der Waals surface area contributed by atoms with Crippen molar-refractivity contribution in [2.75, 3.05) is 42.6 Å². The number of fused-ring (bicyclic) bond motifs is 1. The average Bonchev–Trinajstić information content (AvgIpc) is 3.43. The molecule has 1 fully saturated rings. The van der Waals surface area contributed by atoms with Crippen molar-refractivity contribution in [2.24, 2.45) is 0 Å². The molecule has 0 saturated carbocycles. The van der Waals surface area contributed by atoms with Gasteiger partial charge in [0.2, 0.25) is 5.95 Å². The Kier molecular flexibility index (Phi) is 4.65. The standard InChI is InChI=1S/C21H20N4O3S/c26-15-4-1-3-14(13-15)18-16-6-7-25(20(27)17-5-2-12-29-17)19(16)23-21(22-18)24-8-10-28-11-9-24/h1-5,12-13,26H,6-11H2. The first-order valence-corrected chi connectivity index (χ1v) is 10.5. The van der Waals surface area contributed by atoms with Crippen molar-refractivity contribution in [1.29, 1.82) is 0 Å². The van der Waals surface area contributed by atoms with Crippen molar-refractivity contribution in [2.45, 2.75) is 6.42 Å². The van der Waals surface area contributed by atoms with Gasteiger partial charge in [-0.05, 0) is 30.0 Å². The number of ether oxygens (including phenoxy) is 1. The summed E-state index contributed by atoms with van der Waals surface area (Å²) in [5.74, 6) is 1.41. The summed E-state index contributed by atoms with van der Waals surface area (Å²) in [5, 5.41) is 11.9. The van der Waals surface area contributed by atoms with E-state index in [-0.39, 0.29) is 11.7 Å². The van der Waals surface area contributed by atoms with Crippen LogP contribution in [0, 0.1) is 0 Å². The lowest BCUT2D eigenvalue weighted by atomic mass is 10.1. The molecule has 2 aromatic heterocycles. The normalized spacial score (nSPS) is 16.1. The van der Waals surface area contributed by atoms with Gasteiger partial charge in [0, 0.05) is 30.8 Å². The van der Waals surface area contributed by atoms with Crippen molar-refractivity contribution in [3.63, 3.8) is 0 Å². The topological polar surface area (TPSA) is 78.8 Å². The molecule has 1 amide bonds. The summed E-state index contributed by atoms with van der Waals surface area (Å²) >= 11 is 1.43. The highest BCUT2D eigenvalue weighted by molar-refractivity contribution is 7.12. The zero-order valence-electron chi connectivity index (χ0n) is 15.7. The van der Waals surface area contributed by atoms with E-state index in [0.29, 0.717) is 55.9 Å². The van der Waals surface area contributed by atoms with Crippen LogP contribution in [0.15, 0.2) is 41.8 Å². The van der Waals surface area contributed by atoms with Crippen LogP contribution in [0.1, 0.15) is 15.2 Å². The molecule has 0 aliphatic carbocycles. The van der Waals surface area contributed by atoms with Crippen molar-refractivity contribution in [3.05, 3.63) is 52.2 Å². The van der Waals surface area contributed by atoms with Gasteiger partial charge in [-0.2, -0.15) is 4.98 Å². The van der Waals surface area contributed by atoms with Gasteiger partial charge in [0.1, 0.15) is 11.6 Å². The van der Waals surface area contributed by atoms with Gasteiger partial charge in [-0.1, -0.05) is 18.2 Å². The number of benzene rings is 1. The van der Waals surface area contributed by atoms with Gasteiger partial charge < -0.3 is 14.7 Å². The minimum atomic E-state index is -0.0350. The van der Waals surface area contributed by atoms with Gasteiger partial charge >= 0.3 is 0 Å². The second-order valence-electron chi connectivity index (χ2n) is 7.01. The third-order valence-electron chi connectivity index (χ3n) is 5.21. The number of aromatic hydroxyl groups is 1. The molecule has 1 saturated heterocycles. The molecule has 8 heteroatoms. The Balaban J connectivity index is 1.63. The molecule has 7 nitrogen and oxygen atoms in total. The minimum Gasteiger partial charge on any atom is -0.508 e. The zero-order chi connectivity index (χ0) is 19.8. The van der Waals surface area contributed by atoms with E-state index in [4.69, 9.17) is 14.7 Å². The smallest absolute Gasteiger partial charge is 0.269 e. The number of anilines is 2. The molecule has 148 valence electrons. The molecule has 29 heavy (non-hydrogen) atoms. The highest BCUT2D eigenvalue weighted by Gasteiger charge is 2.32. The summed E-state index contributed by atoms with van der Waals surface area (Å²) in [4.78, 5) is 27.2. The van der Waals surface area contributed by atoms with E-state index >= 15 is 0 Å². The van der Waals surface area contributed by atoms with E-state index in [1.807, 2.05) is 23.6 Å². The Morgan fingerprint density at radius 3 is 2.72 bits per heavy atom. The lowest BCUT2D eigenvalue weighted by Gasteiger charge is -2.28. The predicted octanol–water partition coefficient (Wildman–Crippen LogP) is 2.95. The Morgan fingerprint density at radius 2 is 1.97 bits per heavy atom. The van der Waals surface area contributed by atoms with Crippen LogP contribution in [-0.4, -0.2) is 53.8 Å². The Bertz CT molecular complexity index is 1050. The quantitative estimate of drug-likeness (QED) is 0.718. The lowest BCUT2D eigenvalue weighted by Crippen LogP contribution is -2.38. The number of phenolic OH excluding ortho intramolecular Hbond substituents is 1. The van der Waals surface area contributed by atoms with Gasteiger partial charge in [0.15, 0.2) is 0 Å². The summed E-state index contributed by atoms with van der Waals surface area (Å²) < 4.78 is 5.46. The van der Waals surface area contributed by atoms with Crippen molar-refractivity contribution in [1.82, 2.24) is 9.97 Å². The highest BCUT2D eigenvalue weighted by Crippen LogP contribution is 2.37. The number of thiophene rings is 1. The Hall–Kier alpha value is -2.97. The lowest BCUT2D eigenvalue weighted by molar-refractivity contribution is 0.0992. The van der Waals surface area contributed by atoms with E-state index in [1.165, 1.54) is 11.3 Å². The average molecular weight is 408 g/mol. The monoisotopic (exact) mass is 408 g/mol. The first-order valence-electron chi connectivity index (χ1n) is 9.59. The molecule has 1 aromatic carbocycles. The number of carbonyl (C=O) groups is 1. The summed E-state index contributed by atoms with van der Waals surface area (Å²) in [7, 11) is 0. The number of hydrogen-bond donors (Lipinski definition) is 1. The van der Waals surface area contributed by atoms with Crippen LogP contribution in [-0.2, 0) is 11.2 Å². The molecule has 0 unspecified atom stereocenters. The third-order valence-corrected chi connectivity index (χ3v) is 6.06.